The second kappa shape index (κ2) is 5.64. The number of hydrogen-bond acceptors (Lipinski definition) is 3. The molecule has 0 aliphatic carbocycles. The number of rotatable bonds is 3. The Bertz CT molecular complexity index is 800. The van der Waals surface area contributed by atoms with E-state index in [1.807, 2.05) is 6.07 Å². The van der Waals surface area contributed by atoms with Crippen molar-refractivity contribution in [2.45, 2.75) is 6.10 Å². The summed E-state index contributed by atoms with van der Waals surface area (Å²) in [5.41, 5.74) is 0.601. The van der Waals surface area contributed by atoms with Crippen molar-refractivity contribution >= 4 is 33.0 Å². The van der Waals surface area contributed by atoms with E-state index >= 15 is 0 Å². The molecule has 5 heteroatoms. The minimum atomic E-state index is -0.844. The van der Waals surface area contributed by atoms with Crippen LogP contribution in [0.1, 0.15) is 16.5 Å². The molecule has 3 rings (SSSR count). The molecule has 0 aliphatic heterocycles. The van der Waals surface area contributed by atoms with Gasteiger partial charge < -0.3 is 9.84 Å². The van der Waals surface area contributed by atoms with E-state index in [1.54, 1.807) is 31.4 Å². The molecule has 0 amide bonds. The van der Waals surface area contributed by atoms with Crippen LogP contribution in [0.5, 0.6) is 5.75 Å². The zero-order chi connectivity index (χ0) is 15.0. The predicted octanol–water partition coefficient (Wildman–Crippen LogP) is 4.78. The quantitative estimate of drug-likeness (QED) is 0.751. The van der Waals surface area contributed by atoms with Gasteiger partial charge in [0.15, 0.2) is 0 Å². The molecule has 0 radical (unpaired) electrons. The van der Waals surface area contributed by atoms with Crippen molar-refractivity contribution in [2.24, 2.45) is 0 Å². The molecule has 1 N–H and O–H groups in total. The van der Waals surface area contributed by atoms with Crippen LogP contribution in [0.2, 0.25) is 5.02 Å². The van der Waals surface area contributed by atoms with Crippen LogP contribution in [0.4, 0.5) is 4.39 Å². The summed E-state index contributed by atoms with van der Waals surface area (Å²) < 4.78 is 19.1. The maximum atomic E-state index is 13.2. The van der Waals surface area contributed by atoms with Gasteiger partial charge in [-0.15, -0.1) is 11.3 Å². The van der Waals surface area contributed by atoms with Crippen LogP contribution < -0.4 is 4.74 Å². The number of benzene rings is 2. The van der Waals surface area contributed by atoms with E-state index in [0.29, 0.717) is 16.3 Å². The normalized spacial score (nSPS) is 12.6. The first kappa shape index (κ1) is 14.3. The molecule has 21 heavy (non-hydrogen) atoms. The second-order valence-corrected chi connectivity index (χ2v) is 6.14. The van der Waals surface area contributed by atoms with Crippen LogP contribution in [0.25, 0.3) is 10.1 Å². The summed E-state index contributed by atoms with van der Waals surface area (Å²) in [4.78, 5) is 0.725. The summed E-state index contributed by atoms with van der Waals surface area (Å²) in [6, 6.07) is 11.6. The number of thiophene rings is 1. The van der Waals surface area contributed by atoms with Gasteiger partial charge in [-0.2, -0.15) is 0 Å². The molecule has 2 nitrogen and oxygen atoms in total. The third-order valence-corrected chi connectivity index (χ3v) is 4.75. The number of aliphatic hydroxyl groups excluding tert-OH is 1. The lowest BCUT2D eigenvalue weighted by Gasteiger charge is -2.11. The predicted molar refractivity (Wildman–Crippen MR) is 83.8 cm³/mol. The van der Waals surface area contributed by atoms with Crippen molar-refractivity contribution in [3.8, 4) is 5.75 Å². The van der Waals surface area contributed by atoms with Gasteiger partial charge in [0.2, 0.25) is 0 Å². The van der Waals surface area contributed by atoms with Crippen molar-refractivity contribution in [1.82, 2.24) is 0 Å². The highest BCUT2D eigenvalue weighted by molar-refractivity contribution is 7.19. The number of aliphatic hydroxyl groups is 1. The summed E-state index contributed by atoms with van der Waals surface area (Å²) >= 11 is 7.53. The third kappa shape index (κ3) is 2.75. The molecule has 1 atom stereocenters. The Balaban J connectivity index is 2.01. The van der Waals surface area contributed by atoms with Crippen LogP contribution in [0.15, 0.2) is 42.5 Å². The van der Waals surface area contributed by atoms with Crippen molar-refractivity contribution in [3.05, 3.63) is 63.7 Å². The Kier molecular flexibility index (Phi) is 3.85. The monoisotopic (exact) mass is 322 g/mol. The topological polar surface area (TPSA) is 29.5 Å². The highest BCUT2D eigenvalue weighted by Gasteiger charge is 2.17. The maximum Gasteiger partial charge on any atom is 0.124 e. The van der Waals surface area contributed by atoms with Crippen molar-refractivity contribution < 1.29 is 14.2 Å². The SMILES string of the molecule is COc1ccc(C(O)c2cc3ccc(F)cc3s2)c(Cl)c1. The molecule has 0 spiro atoms. The van der Waals surface area contributed by atoms with E-state index in [-0.39, 0.29) is 5.82 Å². The molecule has 0 fully saturated rings. The number of ether oxygens (including phenoxy) is 1. The lowest BCUT2D eigenvalue weighted by atomic mass is 10.1. The van der Waals surface area contributed by atoms with Crippen molar-refractivity contribution in [3.63, 3.8) is 0 Å². The van der Waals surface area contributed by atoms with Crippen LogP contribution >= 0.6 is 22.9 Å². The molecule has 2 aromatic carbocycles. The fourth-order valence-corrected chi connectivity index (χ4v) is 3.54. The van der Waals surface area contributed by atoms with E-state index < -0.39 is 6.10 Å². The van der Waals surface area contributed by atoms with Gasteiger partial charge >= 0.3 is 0 Å². The zero-order valence-corrected chi connectivity index (χ0v) is 12.7. The molecule has 0 saturated carbocycles. The molecular weight excluding hydrogens is 311 g/mol. The third-order valence-electron chi connectivity index (χ3n) is 3.27. The van der Waals surface area contributed by atoms with Gasteiger partial charge in [-0.1, -0.05) is 23.7 Å². The van der Waals surface area contributed by atoms with Crippen LogP contribution in [-0.2, 0) is 0 Å². The highest BCUT2D eigenvalue weighted by atomic mass is 35.5. The van der Waals surface area contributed by atoms with Crippen LogP contribution in [0.3, 0.4) is 0 Å². The Hall–Kier alpha value is -1.62. The second-order valence-electron chi connectivity index (χ2n) is 4.62. The molecule has 0 bridgehead atoms. The summed E-state index contributed by atoms with van der Waals surface area (Å²) in [7, 11) is 1.56. The minimum Gasteiger partial charge on any atom is -0.497 e. The summed E-state index contributed by atoms with van der Waals surface area (Å²) in [5.74, 6) is 0.349. The van der Waals surface area contributed by atoms with Crippen LogP contribution in [0, 0.1) is 5.82 Å². The Labute approximate surface area is 130 Å². The lowest BCUT2D eigenvalue weighted by molar-refractivity contribution is 0.224. The number of methoxy groups -OCH3 is 1. The first-order valence-electron chi connectivity index (χ1n) is 6.29. The van der Waals surface area contributed by atoms with Gasteiger partial charge in [0.25, 0.3) is 0 Å². The van der Waals surface area contributed by atoms with Gasteiger partial charge in [-0.3, -0.25) is 0 Å². The highest BCUT2D eigenvalue weighted by Crippen LogP contribution is 2.36. The largest absolute Gasteiger partial charge is 0.497 e. The molecule has 0 aliphatic rings. The molecule has 108 valence electrons. The molecular formula is C16H12ClFO2S. The average Bonchev–Trinajstić information content (AvgIpc) is 2.89. The minimum absolute atomic E-state index is 0.284. The van der Waals surface area contributed by atoms with Gasteiger partial charge in [-0.05, 0) is 35.7 Å². The molecule has 3 aromatic rings. The van der Waals surface area contributed by atoms with E-state index in [9.17, 15) is 9.50 Å². The lowest BCUT2D eigenvalue weighted by Crippen LogP contribution is -1.98. The number of hydrogen-bond donors (Lipinski definition) is 1. The molecule has 0 saturated heterocycles. The Morgan fingerprint density at radius 2 is 2.00 bits per heavy atom. The zero-order valence-electron chi connectivity index (χ0n) is 11.1. The molecule has 1 aromatic heterocycles. The van der Waals surface area contributed by atoms with Gasteiger partial charge in [0.05, 0.1) is 12.1 Å². The summed E-state index contributed by atoms with van der Waals surface area (Å²) in [6.07, 6.45) is -0.844. The van der Waals surface area contributed by atoms with Crippen molar-refractivity contribution in [1.29, 1.82) is 0 Å². The summed E-state index contributed by atoms with van der Waals surface area (Å²) in [6.45, 7) is 0. The Morgan fingerprint density at radius 1 is 1.19 bits per heavy atom. The first-order chi connectivity index (χ1) is 10.1. The Morgan fingerprint density at radius 3 is 2.71 bits per heavy atom. The number of fused-ring (bicyclic) bond motifs is 1. The van der Waals surface area contributed by atoms with Crippen LogP contribution in [-0.4, -0.2) is 12.2 Å². The summed E-state index contributed by atoms with van der Waals surface area (Å²) in [5, 5.41) is 11.8. The fraction of sp³-hybridized carbons (Fsp3) is 0.125. The number of halogens is 2. The van der Waals surface area contributed by atoms with Gasteiger partial charge in [-0.25, -0.2) is 4.39 Å². The fourth-order valence-electron chi connectivity index (χ4n) is 2.17. The molecule has 1 heterocycles. The van der Waals surface area contributed by atoms with Gasteiger partial charge in [0, 0.05) is 15.1 Å². The van der Waals surface area contributed by atoms with E-state index in [1.165, 1.54) is 23.5 Å². The van der Waals surface area contributed by atoms with Crippen molar-refractivity contribution in [2.75, 3.05) is 7.11 Å². The maximum absolute atomic E-state index is 13.2. The van der Waals surface area contributed by atoms with E-state index in [2.05, 4.69) is 0 Å². The molecule has 1 unspecified atom stereocenters. The van der Waals surface area contributed by atoms with E-state index in [4.69, 9.17) is 16.3 Å². The average molecular weight is 323 g/mol. The van der Waals surface area contributed by atoms with E-state index in [0.717, 1.165) is 15.0 Å². The first-order valence-corrected chi connectivity index (χ1v) is 7.48. The van der Waals surface area contributed by atoms with Gasteiger partial charge in [0.1, 0.15) is 17.7 Å². The standard InChI is InChI=1S/C16H12ClFO2S/c1-20-11-4-5-12(13(17)8-11)16(19)15-6-9-2-3-10(18)7-14(9)21-15/h2-8,16,19H,1H3. The smallest absolute Gasteiger partial charge is 0.124 e.